The van der Waals surface area contributed by atoms with E-state index in [9.17, 15) is 0 Å². The van der Waals surface area contributed by atoms with Crippen molar-refractivity contribution in [2.75, 3.05) is 0 Å². The Balaban J connectivity index is -0.000000480. The summed E-state index contributed by atoms with van der Waals surface area (Å²) in [7, 11) is 0. The average molecular weight is 284 g/mol. The molecule has 0 aliphatic heterocycles. The third-order valence-electron chi connectivity index (χ3n) is 3.43. The molecule has 0 bridgehead atoms. The molecule has 1 aliphatic carbocycles. The summed E-state index contributed by atoms with van der Waals surface area (Å²) in [6.07, 6.45) is 2.25. The second-order valence-corrected chi connectivity index (χ2v) is 4.20. The third-order valence-corrected chi connectivity index (χ3v) is 3.43. The monoisotopic (exact) mass is 283 g/mol. The summed E-state index contributed by atoms with van der Waals surface area (Å²) >= 11 is 0. The van der Waals surface area contributed by atoms with E-state index in [-0.39, 0.29) is 51.9 Å². The van der Waals surface area contributed by atoms with Crippen molar-refractivity contribution >= 4 is 24.8 Å². The van der Waals surface area contributed by atoms with Gasteiger partial charge in [0.05, 0.1) is 0 Å². The summed E-state index contributed by atoms with van der Waals surface area (Å²) in [5.74, 6) is 0. The molecule has 0 nitrogen and oxygen atoms in total. The predicted molar refractivity (Wildman–Crippen MR) is 69.3 cm³/mol. The van der Waals surface area contributed by atoms with Gasteiger partial charge in [-0.15, -0.1) is 44.2 Å². The largest absolute Gasteiger partial charge is 0.229 e. The maximum atomic E-state index is 2.30. The molecule has 0 saturated heterocycles. The molecule has 15 heavy (non-hydrogen) atoms. The van der Waals surface area contributed by atoms with Gasteiger partial charge in [0, 0.05) is 21.7 Å². The summed E-state index contributed by atoms with van der Waals surface area (Å²) in [5, 5.41) is 0. The second kappa shape index (κ2) is 7.06. The minimum absolute atomic E-state index is 0. The van der Waals surface area contributed by atoms with Gasteiger partial charge in [0.2, 0.25) is 0 Å². The van der Waals surface area contributed by atoms with Gasteiger partial charge >= 0.3 is 0 Å². The summed E-state index contributed by atoms with van der Waals surface area (Å²) < 4.78 is 0. The van der Waals surface area contributed by atoms with Crippen LogP contribution < -0.4 is 0 Å². The van der Waals surface area contributed by atoms with Gasteiger partial charge in [0.15, 0.2) is 0 Å². The van der Waals surface area contributed by atoms with Gasteiger partial charge in [0.25, 0.3) is 0 Å². The molecule has 0 aromatic heterocycles. The van der Waals surface area contributed by atoms with Crippen LogP contribution in [0, 0.1) is 11.8 Å². The van der Waals surface area contributed by atoms with Crippen molar-refractivity contribution in [3.63, 3.8) is 0 Å². The molecule has 0 radical (unpaired) electrons. The zero-order valence-corrected chi connectivity index (χ0v) is 13.6. The minimum atomic E-state index is 0. The molecule has 0 fully saturated rings. The fourth-order valence-electron chi connectivity index (χ4n) is 2.20. The molecule has 0 amide bonds. The fraction of sp³-hybridized carbons (Fsp3) is 0.583. The standard InChI is InChI=1S/C12H19.2ClH.Ti/c1-7-11-9(3)8(2)10(4)12(11,5)6;;;/h7H,1-6H3;2*1H;/q-1;;;. The molecule has 0 unspecified atom stereocenters. The molecule has 88 valence electrons. The Morgan fingerprint density at radius 1 is 0.933 bits per heavy atom. The quantitative estimate of drug-likeness (QED) is 0.481. The first-order valence-corrected chi connectivity index (χ1v) is 4.62. The van der Waals surface area contributed by atoms with Crippen LogP contribution in [0.15, 0.2) is 22.3 Å². The molecule has 0 spiro atoms. The van der Waals surface area contributed by atoms with Crippen LogP contribution in [-0.4, -0.2) is 0 Å². The third kappa shape index (κ3) is 3.30. The van der Waals surface area contributed by atoms with E-state index in [1.54, 1.807) is 0 Å². The molecule has 0 atom stereocenters. The van der Waals surface area contributed by atoms with Gasteiger partial charge < -0.3 is 0 Å². The molecule has 1 aliphatic rings. The minimum Gasteiger partial charge on any atom is -0.229 e. The topological polar surface area (TPSA) is 0 Å². The van der Waals surface area contributed by atoms with Crippen LogP contribution in [0.4, 0.5) is 0 Å². The van der Waals surface area contributed by atoms with E-state index in [0.29, 0.717) is 0 Å². The van der Waals surface area contributed by atoms with E-state index < -0.39 is 0 Å². The van der Waals surface area contributed by atoms with Crippen LogP contribution in [0.5, 0.6) is 0 Å². The maximum Gasteiger partial charge on any atom is 0 e. The summed E-state index contributed by atoms with van der Waals surface area (Å²) in [5.41, 5.74) is 6.24. The van der Waals surface area contributed by atoms with Gasteiger partial charge in [-0.25, -0.2) is 12.0 Å². The van der Waals surface area contributed by atoms with Crippen molar-refractivity contribution in [1.82, 2.24) is 0 Å². The van der Waals surface area contributed by atoms with Gasteiger partial charge in [-0.3, -0.25) is 0 Å². The molecule has 0 aromatic carbocycles. The summed E-state index contributed by atoms with van der Waals surface area (Å²) in [6, 6.07) is 0. The average Bonchev–Trinajstić information content (AvgIpc) is 2.13. The normalized spacial score (nSPS) is 17.7. The zero-order chi connectivity index (χ0) is 9.52. The number of hydrogen-bond acceptors (Lipinski definition) is 0. The van der Waals surface area contributed by atoms with E-state index in [1.165, 1.54) is 22.3 Å². The number of rotatable bonds is 1. The van der Waals surface area contributed by atoms with E-state index in [2.05, 4.69) is 48.0 Å². The second-order valence-electron chi connectivity index (χ2n) is 4.20. The Morgan fingerprint density at radius 3 is 1.47 bits per heavy atom. The first kappa shape index (κ1) is 21.0. The van der Waals surface area contributed by atoms with E-state index >= 15 is 0 Å². The fourth-order valence-corrected chi connectivity index (χ4v) is 2.20. The van der Waals surface area contributed by atoms with Crippen LogP contribution in [-0.2, 0) is 21.7 Å². The first-order valence-electron chi connectivity index (χ1n) is 4.62. The van der Waals surface area contributed by atoms with Crippen LogP contribution >= 0.6 is 24.8 Å². The SMILES string of the molecule is C[CH-]C1=C(C)C(C)=C(C)C1(C)C.Cl.Cl.[Ti]. The summed E-state index contributed by atoms with van der Waals surface area (Å²) in [6.45, 7) is 13.4. The zero-order valence-electron chi connectivity index (χ0n) is 10.4. The molecular weight excluding hydrogens is 263 g/mol. The van der Waals surface area contributed by atoms with Crippen LogP contribution in [0.3, 0.4) is 0 Å². The van der Waals surface area contributed by atoms with E-state index in [1.807, 2.05) is 0 Å². The van der Waals surface area contributed by atoms with Gasteiger partial charge in [-0.2, -0.15) is 5.57 Å². The number of halogens is 2. The van der Waals surface area contributed by atoms with Crippen molar-refractivity contribution in [2.24, 2.45) is 5.41 Å². The van der Waals surface area contributed by atoms with Crippen LogP contribution in [0.1, 0.15) is 41.5 Å². The molecule has 0 saturated carbocycles. The predicted octanol–water partition coefficient (Wildman–Crippen LogP) is 4.74. The van der Waals surface area contributed by atoms with E-state index in [4.69, 9.17) is 0 Å². The Hall–Kier alpha value is 0.644. The van der Waals surface area contributed by atoms with Gasteiger partial charge in [0.1, 0.15) is 0 Å². The van der Waals surface area contributed by atoms with E-state index in [0.717, 1.165) is 0 Å². The van der Waals surface area contributed by atoms with Crippen molar-refractivity contribution in [1.29, 1.82) is 0 Å². The van der Waals surface area contributed by atoms with Crippen molar-refractivity contribution in [3.05, 3.63) is 28.7 Å². The molecular formula is C12H21Cl2Ti-. The van der Waals surface area contributed by atoms with Gasteiger partial charge in [-0.05, 0) is 12.3 Å². The number of allylic oxidation sites excluding steroid dienone is 4. The van der Waals surface area contributed by atoms with Crippen molar-refractivity contribution in [3.8, 4) is 0 Å². The van der Waals surface area contributed by atoms with Crippen molar-refractivity contribution < 1.29 is 21.7 Å². The molecule has 3 heteroatoms. The molecule has 1 rings (SSSR count). The Labute approximate surface area is 122 Å². The summed E-state index contributed by atoms with van der Waals surface area (Å²) in [4.78, 5) is 0. The Kier molecular flexibility index (Phi) is 9.88. The Morgan fingerprint density at radius 2 is 1.33 bits per heavy atom. The number of hydrogen-bond donors (Lipinski definition) is 0. The first-order chi connectivity index (χ1) is 5.42. The van der Waals surface area contributed by atoms with Crippen LogP contribution in [0.2, 0.25) is 0 Å². The smallest absolute Gasteiger partial charge is 0 e. The molecule has 0 heterocycles. The maximum absolute atomic E-state index is 2.30. The Bertz CT molecular complexity index is 275. The molecule has 0 N–H and O–H groups in total. The van der Waals surface area contributed by atoms with Crippen molar-refractivity contribution in [2.45, 2.75) is 41.5 Å². The molecule has 0 aromatic rings. The van der Waals surface area contributed by atoms with Gasteiger partial charge in [-0.1, -0.05) is 26.3 Å². The van der Waals surface area contributed by atoms with Crippen LogP contribution in [0.25, 0.3) is 0 Å².